The minimum atomic E-state index is -1.07. The maximum Gasteiger partial charge on any atom is 0.325 e. The lowest BCUT2D eigenvalue weighted by atomic mass is 9.61. The molecular weight excluding hydrogens is 460 g/mol. The third kappa shape index (κ3) is 2.88. The molecular formula is C23H25BrN4O3. The van der Waals surface area contributed by atoms with Gasteiger partial charge in [0.25, 0.3) is 5.91 Å². The Morgan fingerprint density at radius 3 is 2.71 bits per heavy atom. The number of amides is 3. The fourth-order valence-corrected chi connectivity index (χ4v) is 6.24. The van der Waals surface area contributed by atoms with E-state index in [1.807, 2.05) is 19.1 Å². The molecule has 2 aromatic rings. The second-order valence-electron chi connectivity index (χ2n) is 8.87. The first-order valence-electron chi connectivity index (χ1n) is 10.7. The van der Waals surface area contributed by atoms with Crippen molar-refractivity contribution < 1.29 is 14.3 Å². The predicted molar refractivity (Wildman–Crippen MR) is 117 cm³/mol. The summed E-state index contributed by atoms with van der Waals surface area (Å²) >= 11 is 3.57. The highest BCUT2D eigenvalue weighted by molar-refractivity contribution is 9.10. The number of nitrogens with one attached hydrogen (secondary N) is 1. The summed E-state index contributed by atoms with van der Waals surface area (Å²) in [5, 5.41) is 11.3. The Morgan fingerprint density at radius 1 is 1.26 bits per heavy atom. The van der Waals surface area contributed by atoms with Crippen molar-refractivity contribution in [1.82, 2.24) is 20.4 Å². The third-order valence-electron chi connectivity index (χ3n) is 7.48. The molecule has 2 heterocycles. The van der Waals surface area contributed by atoms with E-state index in [4.69, 9.17) is 4.74 Å². The van der Waals surface area contributed by atoms with Gasteiger partial charge in [-0.15, -0.1) is 0 Å². The molecule has 2 unspecified atom stereocenters. The highest BCUT2D eigenvalue weighted by atomic mass is 79.9. The van der Waals surface area contributed by atoms with Gasteiger partial charge in [-0.2, -0.15) is 10.2 Å². The van der Waals surface area contributed by atoms with Crippen molar-refractivity contribution >= 4 is 27.9 Å². The lowest BCUT2D eigenvalue weighted by Crippen LogP contribution is -2.56. The second-order valence-corrected chi connectivity index (χ2v) is 9.79. The molecule has 1 aromatic heterocycles. The van der Waals surface area contributed by atoms with E-state index < -0.39 is 11.6 Å². The molecule has 1 aliphatic heterocycles. The standard InChI is InChI=1S/C23H25BrN4O3/c1-14(19-4-3-11-25-27-19)28-20(29)23(26-21(28)30)18-12-16(24)6-5-15(18)13-22(23)9-7-17(31-2)8-10-22/h3-6,11-12,14,17H,7-10,13H2,1-2H3,(H,26,30). The lowest BCUT2D eigenvalue weighted by Gasteiger charge is -2.46. The summed E-state index contributed by atoms with van der Waals surface area (Å²) in [6, 6.07) is 8.76. The molecule has 2 aliphatic carbocycles. The van der Waals surface area contributed by atoms with Crippen molar-refractivity contribution in [2.45, 2.75) is 56.7 Å². The molecule has 162 valence electrons. The van der Waals surface area contributed by atoms with E-state index in [1.165, 1.54) is 4.90 Å². The molecule has 1 saturated carbocycles. The summed E-state index contributed by atoms with van der Waals surface area (Å²) in [5.41, 5.74) is 1.19. The van der Waals surface area contributed by atoms with Gasteiger partial charge in [0.1, 0.15) is 0 Å². The van der Waals surface area contributed by atoms with Crippen LogP contribution < -0.4 is 5.32 Å². The average molecular weight is 485 g/mol. The van der Waals surface area contributed by atoms with Gasteiger partial charge in [0.2, 0.25) is 0 Å². The molecule has 1 aromatic carbocycles. The molecule has 7 nitrogen and oxygen atoms in total. The summed E-state index contributed by atoms with van der Waals surface area (Å²) in [6.07, 6.45) is 5.92. The van der Waals surface area contributed by atoms with Crippen molar-refractivity contribution in [3.8, 4) is 0 Å². The fraction of sp³-hybridized carbons (Fsp3) is 0.478. The lowest BCUT2D eigenvalue weighted by molar-refractivity contribution is -0.140. The van der Waals surface area contributed by atoms with Crippen LogP contribution in [0.5, 0.6) is 0 Å². The normalized spacial score (nSPS) is 30.7. The van der Waals surface area contributed by atoms with Gasteiger partial charge in [0, 0.05) is 23.2 Å². The molecule has 31 heavy (non-hydrogen) atoms. The van der Waals surface area contributed by atoms with Crippen LogP contribution in [0, 0.1) is 5.41 Å². The number of rotatable bonds is 3. The number of methoxy groups -OCH3 is 1. The van der Waals surface area contributed by atoms with Crippen LogP contribution in [-0.2, 0) is 21.5 Å². The maximum absolute atomic E-state index is 14.2. The number of ether oxygens (including phenoxy) is 1. The number of imide groups is 1. The van der Waals surface area contributed by atoms with Gasteiger partial charge in [0.15, 0.2) is 5.54 Å². The second kappa shape index (κ2) is 7.38. The van der Waals surface area contributed by atoms with Gasteiger partial charge in [-0.1, -0.05) is 22.0 Å². The minimum absolute atomic E-state index is 0.191. The minimum Gasteiger partial charge on any atom is -0.381 e. The Labute approximate surface area is 189 Å². The molecule has 0 radical (unpaired) electrons. The fourth-order valence-electron chi connectivity index (χ4n) is 5.88. The van der Waals surface area contributed by atoms with Crippen molar-refractivity contribution in [3.05, 3.63) is 57.8 Å². The van der Waals surface area contributed by atoms with E-state index in [0.717, 1.165) is 47.7 Å². The van der Waals surface area contributed by atoms with Gasteiger partial charge in [-0.05, 0) is 74.4 Å². The number of hydrogen-bond donors (Lipinski definition) is 1. The van der Waals surface area contributed by atoms with Gasteiger partial charge >= 0.3 is 6.03 Å². The molecule has 3 amide bonds. The maximum atomic E-state index is 14.2. The molecule has 8 heteroatoms. The molecule has 5 rings (SSSR count). The number of carbonyl (C=O) groups excluding carboxylic acids is 2. The predicted octanol–water partition coefficient (Wildman–Crippen LogP) is 3.88. The average Bonchev–Trinajstić information content (AvgIpc) is 3.20. The summed E-state index contributed by atoms with van der Waals surface area (Å²) in [5.74, 6) is -0.191. The summed E-state index contributed by atoms with van der Waals surface area (Å²) in [4.78, 5) is 28.8. The monoisotopic (exact) mass is 484 g/mol. The van der Waals surface area contributed by atoms with Gasteiger partial charge in [-0.3, -0.25) is 9.69 Å². The molecule has 1 N–H and O–H groups in total. The van der Waals surface area contributed by atoms with Crippen LogP contribution in [0.2, 0.25) is 0 Å². The number of urea groups is 1. The van der Waals surface area contributed by atoms with Crippen molar-refractivity contribution in [1.29, 1.82) is 0 Å². The first-order chi connectivity index (χ1) is 14.9. The van der Waals surface area contributed by atoms with Gasteiger partial charge in [-0.25, -0.2) is 4.79 Å². The highest BCUT2D eigenvalue weighted by Gasteiger charge is 2.68. The highest BCUT2D eigenvalue weighted by Crippen LogP contribution is 2.60. The molecule has 2 atom stereocenters. The molecule has 1 saturated heterocycles. The zero-order valence-corrected chi connectivity index (χ0v) is 19.2. The summed E-state index contributed by atoms with van der Waals surface area (Å²) in [7, 11) is 1.74. The van der Waals surface area contributed by atoms with Gasteiger partial charge in [0.05, 0.1) is 17.8 Å². The molecule has 3 aliphatic rings. The zero-order valence-electron chi connectivity index (χ0n) is 17.6. The van der Waals surface area contributed by atoms with Crippen LogP contribution in [0.3, 0.4) is 0 Å². The first kappa shape index (κ1) is 20.6. The largest absolute Gasteiger partial charge is 0.381 e. The van der Waals surface area contributed by atoms with Crippen LogP contribution in [0.15, 0.2) is 41.0 Å². The Hall–Kier alpha value is -2.32. The molecule has 2 spiro atoms. The van der Waals surface area contributed by atoms with E-state index in [1.54, 1.807) is 25.4 Å². The Morgan fingerprint density at radius 2 is 2.03 bits per heavy atom. The first-order valence-corrected chi connectivity index (χ1v) is 11.5. The van der Waals surface area contributed by atoms with Crippen LogP contribution in [-0.4, -0.2) is 40.2 Å². The van der Waals surface area contributed by atoms with Crippen LogP contribution in [0.4, 0.5) is 4.79 Å². The van der Waals surface area contributed by atoms with E-state index in [9.17, 15) is 9.59 Å². The van der Waals surface area contributed by atoms with Crippen molar-refractivity contribution in [2.24, 2.45) is 5.41 Å². The number of nitrogens with zero attached hydrogens (tertiary/aromatic N) is 3. The molecule has 0 bridgehead atoms. The van der Waals surface area contributed by atoms with Crippen molar-refractivity contribution in [3.63, 3.8) is 0 Å². The Kier molecular flexibility index (Phi) is 4.90. The van der Waals surface area contributed by atoms with E-state index in [2.05, 4.69) is 37.5 Å². The summed E-state index contributed by atoms with van der Waals surface area (Å²) < 4.78 is 6.50. The third-order valence-corrected chi connectivity index (χ3v) is 7.98. The number of benzene rings is 1. The quantitative estimate of drug-likeness (QED) is 0.668. The number of fused-ring (bicyclic) bond motifs is 3. The summed E-state index contributed by atoms with van der Waals surface area (Å²) in [6.45, 7) is 1.83. The van der Waals surface area contributed by atoms with Crippen LogP contribution in [0.25, 0.3) is 0 Å². The Balaban J connectivity index is 1.62. The van der Waals surface area contributed by atoms with E-state index in [0.29, 0.717) is 5.69 Å². The number of hydrogen-bond acceptors (Lipinski definition) is 5. The molecule has 2 fully saturated rings. The SMILES string of the molecule is COC1CCC2(CC1)Cc1ccc(Br)cc1C21NC(=O)N(C(C)c2cccnn2)C1=O. The van der Waals surface area contributed by atoms with Crippen LogP contribution in [0.1, 0.15) is 55.5 Å². The number of aromatic nitrogens is 2. The Bertz CT molecular complexity index is 1040. The number of carbonyl (C=O) groups is 2. The van der Waals surface area contributed by atoms with Crippen molar-refractivity contribution in [2.75, 3.05) is 7.11 Å². The smallest absolute Gasteiger partial charge is 0.325 e. The number of halogens is 1. The van der Waals surface area contributed by atoms with Gasteiger partial charge < -0.3 is 10.1 Å². The van der Waals surface area contributed by atoms with E-state index in [-0.39, 0.29) is 23.5 Å². The topological polar surface area (TPSA) is 84.4 Å². The zero-order chi connectivity index (χ0) is 21.8. The van der Waals surface area contributed by atoms with Crippen LogP contribution >= 0.6 is 15.9 Å². The van der Waals surface area contributed by atoms with E-state index >= 15 is 0 Å².